The maximum Gasteiger partial charge on any atom is 0.248 e. The number of fused-ring (bicyclic) bond motifs is 1. The average Bonchev–Trinajstić information content (AvgIpc) is 2.48. The third-order valence-electron chi connectivity index (χ3n) is 2.98. The summed E-state index contributed by atoms with van der Waals surface area (Å²) in [6.45, 7) is 0. The van der Waals surface area contributed by atoms with Crippen molar-refractivity contribution in [2.24, 2.45) is 5.73 Å². The Morgan fingerprint density at radius 1 is 1.05 bits per heavy atom. The zero-order valence-electron chi connectivity index (χ0n) is 11.0. The van der Waals surface area contributed by atoms with Crippen LogP contribution in [-0.4, -0.2) is 15.9 Å². The Morgan fingerprint density at radius 3 is 2.52 bits per heavy atom. The molecule has 0 fully saturated rings. The first-order chi connectivity index (χ1) is 10.1. The summed E-state index contributed by atoms with van der Waals surface area (Å²) < 4.78 is 5.72. The van der Waals surface area contributed by atoms with E-state index in [-0.39, 0.29) is 0 Å². The predicted octanol–water partition coefficient (Wildman–Crippen LogP) is 2.10. The lowest BCUT2D eigenvalue weighted by Gasteiger charge is -2.08. The SMILES string of the molecule is NC(=O)c1ccc(Oc2ncnc3ccc(N)cc23)cc1. The Kier molecular flexibility index (Phi) is 3.12. The van der Waals surface area contributed by atoms with Crippen LogP contribution >= 0.6 is 0 Å². The molecule has 0 saturated carbocycles. The van der Waals surface area contributed by atoms with Crippen molar-refractivity contribution in [1.82, 2.24) is 9.97 Å². The van der Waals surface area contributed by atoms with E-state index in [9.17, 15) is 4.79 Å². The Bertz CT molecular complexity index is 816. The number of hydrogen-bond acceptors (Lipinski definition) is 5. The zero-order valence-corrected chi connectivity index (χ0v) is 11.0. The predicted molar refractivity (Wildman–Crippen MR) is 79.0 cm³/mol. The number of nitrogens with two attached hydrogens (primary N) is 2. The molecule has 0 radical (unpaired) electrons. The summed E-state index contributed by atoms with van der Waals surface area (Å²) in [5.41, 5.74) is 12.7. The van der Waals surface area contributed by atoms with Gasteiger partial charge in [0.2, 0.25) is 11.8 Å². The number of aromatic nitrogens is 2. The number of rotatable bonds is 3. The van der Waals surface area contributed by atoms with Crippen LogP contribution in [0.15, 0.2) is 48.8 Å². The molecule has 1 aromatic heterocycles. The molecule has 2 aromatic carbocycles. The van der Waals surface area contributed by atoms with Crippen LogP contribution in [0.5, 0.6) is 11.6 Å². The van der Waals surface area contributed by atoms with E-state index in [2.05, 4.69) is 9.97 Å². The Balaban J connectivity index is 1.97. The number of ether oxygens (including phenoxy) is 1. The van der Waals surface area contributed by atoms with Gasteiger partial charge in [0.1, 0.15) is 12.1 Å². The first-order valence-corrected chi connectivity index (χ1v) is 6.21. The summed E-state index contributed by atoms with van der Waals surface area (Å²) in [5.74, 6) is 0.461. The normalized spacial score (nSPS) is 10.5. The van der Waals surface area contributed by atoms with Crippen LogP contribution in [0.3, 0.4) is 0 Å². The minimum atomic E-state index is -0.484. The highest BCUT2D eigenvalue weighted by molar-refractivity contribution is 5.92. The monoisotopic (exact) mass is 280 g/mol. The van der Waals surface area contributed by atoms with Crippen LogP contribution in [0.1, 0.15) is 10.4 Å². The number of amides is 1. The Labute approximate surface area is 120 Å². The van der Waals surface area contributed by atoms with Gasteiger partial charge in [0.25, 0.3) is 0 Å². The van der Waals surface area contributed by atoms with Gasteiger partial charge in [-0.3, -0.25) is 4.79 Å². The van der Waals surface area contributed by atoms with Gasteiger partial charge in [-0.05, 0) is 42.5 Å². The maximum atomic E-state index is 11.0. The molecule has 0 bridgehead atoms. The number of carbonyl (C=O) groups excluding carboxylic acids is 1. The molecule has 0 atom stereocenters. The molecule has 104 valence electrons. The van der Waals surface area contributed by atoms with Crippen molar-refractivity contribution in [1.29, 1.82) is 0 Å². The molecule has 4 N–H and O–H groups in total. The highest BCUT2D eigenvalue weighted by atomic mass is 16.5. The van der Waals surface area contributed by atoms with Crippen molar-refractivity contribution >= 4 is 22.5 Å². The molecule has 0 saturated heterocycles. The second-order valence-electron chi connectivity index (χ2n) is 4.45. The van der Waals surface area contributed by atoms with E-state index in [1.807, 2.05) is 0 Å². The molecule has 21 heavy (non-hydrogen) atoms. The molecule has 0 aliphatic heterocycles. The van der Waals surface area contributed by atoms with Gasteiger partial charge in [-0.25, -0.2) is 9.97 Å². The number of nitrogens with zero attached hydrogens (tertiary/aromatic N) is 2. The number of hydrogen-bond donors (Lipinski definition) is 2. The highest BCUT2D eigenvalue weighted by Crippen LogP contribution is 2.27. The summed E-state index contributed by atoms with van der Waals surface area (Å²) in [6.07, 6.45) is 1.42. The number of benzene rings is 2. The molecule has 0 aliphatic carbocycles. The van der Waals surface area contributed by atoms with E-state index >= 15 is 0 Å². The van der Waals surface area contributed by atoms with E-state index in [1.165, 1.54) is 6.33 Å². The lowest BCUT2D eigenvalue weighted by molar-refractivity contribution is 0.100. The molecule has 0 unspecified atom stereocenters. The Hall–Kier alpha value is -3.15. The molecule has 0 spiro atoms. The molecule has 6 nitrogen and oxygen atoms in total. The highest BCUT2D eigenvalue weighted by Gasteiger charge is 2.07. The second kappa shape index (κ2) is 5.09. The molecule has 3 aromatic rings. The Morgan fingerprint density at radius 2 is 1.81 bits per heavy atom. The van der Waals surface area contributed by atoms with Gasteiger partial charge in [0, 0.05) is 11.3 Å². The molecule has 3 rings (SSSR count). The largest absolute Gasteiger partial charge is 0.438 e. The number of anilines is 1. The first kappa shape index (κ1) is 12.9. The van der Waals surface area contributed by atoms with Gasteiger partial charge in [0.15, 0.2) is 0 Å². The van der Waals surface area contributed by atoms with Crippen LogP contribution < -0.4 is 16.2 Å². The lowest BCUT2D eigenvalue weighted by Crippen LogP contribution is -2.10. The van der Waals surface area contributed by atoms with Gasteiger partial charge in [0.05, 0.1) is 10.9 Å². The van der Waals surface area contributed by atoms with E-state index in [1.54, 1.807) is 42.5 Å². The van der Waals surface area contributed by atoms with Crippen LogP contribution in [-0.2, 0) is 0 Å². The first-order valence-electron chi connectivity index (χ1n) is 6.21. The van der Waals surface area contributed by atoms with Crippen LogP contribution in [0, 0.1) is 0 Å². The molecule has 1 heterocycles. The number of carbonyl (C=O) groups is 1. The van der Waals surface area contributed by atoms with Gasteiger partial charge >= 0.3 is 0 Å². The van der Waals surface area contributed by atoms with Gasteiger partial charge in [-0.2, -0.15) is 0 Å². The van der Waals surface area contributed by atoms with Crippen LogP contribution in [0.4, 0.5) is 5.69 Å². The van der Waals surface area contributed by atoms with E-state index in [0.717, 1.165) is 10.9 Å². The van der Waals surface area contributed by atoms with Crippen LogP contribution in [0.2, 0.25) is 0 Å². The number of primary amides is 1. The van der Waals surface area contributed by atoms with Crippen molar-refractivity contribution in [2.75, 3.05) is 5.73 Å². The fourth-order valence-corrected chi connectivity index (χ4v) is 1.93. The third-order valence-corrected chi connectivity index (χ3v) is 2.98. The quantitative estimate of drug-likeness (QED) is 0.715. The summed E-state index contributed by atoms with van der Waals surface area (Å²) in [4.78, 5) is 19.3. The standard InChI is InChI=1S/C15H12N4O2/c16-10-3-6-13-12(7-10)15(19-8-18-13)21-11-4-1-9(2-5-11)14(17)20/h1-8H,16H2,(H2,17,20). The molecule has 0 aliphatic rings. The van der Waals surface area contributed by atoms with Gasteiger partial charge in [-0.1, -0.05) is 0 Å². The smallest absolute Gasteiger partial charge is 0.248 e. The zero-order chi connectivity index (χ0) is 14.8. The van der Waals surface area contributed by atoms with Crippen molar-refractivity contribution in [3.05, 3.63) is 54.4 Å². The summed E-state index contributed by atoms with van der Waals surface area (Å²) >= 11 is 0. The third kappa shape index (κ3) is 2.59. The number of nitrogen functional groups attached to an aromatic ring is 1. The molecular weight excluding hydrogens is 268 g/mol. The molecule has 6 heteroatoms. The minimum Gasteiger partial charge on any atom is -0.438 e. The fourth-order valence-electron chi connectivity index (χ4n) is 1.93. The molecule has 1 amide bonds. The average molecular weight is 280 g/mol. The van der Waals surface area contributed by atoms with Crippen molar-refractivity contribution in [3.8, 4) is 11.6 Å². The summed E-state index contributed by atoms with van der Waals surface area (Å²) in [5, 5.41) is 0.719. The fraction of sp³-hybridized carbons (Fsp3) is 0. The summed E-state index contributed by atoms with van der Waals surface area (Å²) in [7, 11) is 0. The van der Waals surface area contributed by atoms with Crippen LogP contribution in [0.25, 0.3) is 10.9 Å². The summed E-state index contributed by atoms with van der Waals surface area (Å²) in [6, 6.07) is 11.8. The van der Waals surface area contributed by atoms with E-state index in [0.29, 0.717) is 22.9 Å². The van der Waals surface area contributed by atoms with E-state index < -0.39 is 5.91 Å². The topological polar surface area (TPSA) is 104 Å². The minimum absolute atomic E-state index is 0.402. The van der Waals surface area contributed by atoms with Crippen molar-refractivity contribution in [3.63, 3.8) is 0 Å². The van der Waals surface area contributed by atoms with Crippen molar-refractivity contribution < 1.29 is 9.53 Å². The molecular formula is C15H12N4O2. The van der Waals surface area contributed by atoms with Gasteiger partial charge in [-0.15, -0.1) is 0 Å². The van der Waals surface area contributed by atoms with Gasteiger partial charge < -0.3 is 16.2 Å². The second-order valence-corrected chi connectivity index (χ2v) is 4.45. The van der Waals surface area contributed by atoms with Crippen molar-refractivity contribution in [2.45, 2.75) is 0 Å². The van der Waals surface area contributed by atoms with E-state index in [4.69, 9.17) is 16.2 Å². The maximum absolute atomic E-state index is 11.0. The lowest BCUT2D eigenvalue weighted by atomic mass is 10.2.